The molecule has 2 heterocycles. The highest BCUT2D eigenvalue weighted by atomic mass is 32.2. The van der Waals surface area contributed by atoms with Gasteiger partial charge >= 0.3 is 0 Å². The molecule has 0 radical (unpaired) electrons. The molecule has 7 nitrogen and oxygen atoms in total. The fraction of sp³-hybridized carbons (Fsp3) is 0.545. The zero-order chi connectivity index (χ0) is 13.6. The second kappa shape index (κ2) is 4.62. The molecule has 1 aliphatic rings. The van der Waals surface area contributed by atoms with Crippen molar-refractivity contribution in [1.29, 1.82) is 0 Å². The van der Waals surface area contributed by atoms with E-state index >= 15 is 0 Å². The van der Waals surface area contributed by atoms with Gasteiger partial charge in [0.1, 0.15) is 17.9 Å². The Morgan fingerprint density at radius 2 is 2.11 bits per heavy atom. The Balaban J connectivity index is 2.04. The predicted molar refractivity (Wildman–Crippen MR) is 72.7 cm³/mol. The van der Waals surface area contributed by atoms with E-state index in [0.29, 0.717) is 23.4 Å². The molecule has 19 heavy (non-hydrogen) atoms. The molecule has 3 rings (SSSR count). The molecule has 0 bridgehead atoms. The molecule has 0 saturated heterocycles. The van der Waals surface area contributed by atoms with Crippen LogP contribution in [0.25, 0.3) is 11.2 Å². The van der Waals surface area contributed by atoms with Gasteiger partial charge in [0.05, 0.1) is 18.5 Å². The molecule has 0 aromatic carbocycles. The fourth-order valence-electron chi connectivity index (χ4n) is 2.59. The van der Waals surface area contributed by atoms with Crippen LogP contribution in [-0.2, 0) is 0 Å². The number of nitrogens with two attached hydrogens (primary N) is 1. The Bertz CT molecular complexity index is 604. The van der Waals surface area contributed by atoms with Gasteiger partial charge in [0.25, 0.3) is 0 Å². The third-order valence-electron chi connectivity index (χ3n) is 3.65. The maximum Gasteiger partial charge on any atom is 0.165 e. The molecule has 0 spiro atoms. The zero-order valence-corrected chi connectivity index (χ0v) is 11.2. The highest BCUT2D eigenvalue weighted by molar-refractivity contribution is 7.99. The Labute approximate surface area is 113 Å². The molecular formula is C11H15N5O2S. The minimum absolute atomic E-state index is 0.0108. The Morgan fingerprint density at radius 1 is 1.32 bits per heavy atom. The second-order valence-corrected chi connectivity index (χ2v) is 5.72. The first-order chi connectivity index (χ1) is 9.13. The van der Waals surface area contributed by atoms with Crippen molar-refractivity contribution in [3.8, 4) is 0 Å². The Hall–Kier alpha value is -1.38. The molecule has 4 atom stereocenters. The van der Waals surface area contributed by atoms with Crippen molar-refractivity contribution in [3.63, 3.8) is 0 Å². The van der Waals surface area contributed by atoms with Crippen LogP contribution >= 0.6 is 11.8 Å². The number of nitrogens with zero attached hydrogens (tertiary/aromatic N) is 4. The first kappa shape index (κ1) is 12.6. The van der Waals surface area contributed by atoms with Crippen molar-refractivity contribution in [3.05, 3.63) is 12.7 Å². The maximum atomic E-state index is 10.2. The van der Waals surface area contributed by atoms with Crippen LogP contribution in [0.5, 0.6) is 0 Å². The summed E-state index contributed by atoms with van der Waals surface area (Å²) < 4.78 is 1.78. The van der Waals surface area contributed by atoms with Crippen molar-refractivity contribution in [2.75, 3.05) is 12.0 Å². The van der Waals surface area contributed by atoms with Crippen molar-refractivity contribution >= 4 is 28.7 Å². The summed E-state index contributed by atoms with van der Waals surface area (Å²) in [6.45, 7) is 0. The van der Waals surface area contributed by atoms with E-state index in [9.17, 15) is 10.2 Å². The summed E-state index contributed by atoms with van der Waals surface area (Å²) in [5, 5.41) is 20.2. The summed E-state index contributed by atoms with van der Waals surface area (Å²) in [6, 6.07) is -0.244. The number of thioether (sulfide) groups is 1. The van der Waals surface area contributed by atoms with Crippen LogP contribution in [0.3, 0.4) is 0 Å². The van der Waals surface area contributed by atoms with E-state index in [4.69, 9.17) is 5.73 Å². The van der Waals surface area contributed by atoms with Crippen molar-refractivity contribution < 1.29 is 10.2 Å². The SMILES string of the molecule is CS[C@H]1C[C@@H](n2cnc3c(N)ncnc32)[C@H](O)[C@@H]1O. The minimum atomic E-state index is -0.828. The van der Waals surface area contributed by atoms with E-state index in [1.807, 2.05) is 6.26 Å². The summed E-state index contributed by atoms with van der Waals surface area (Å²) >= 11 is 1.55. The van der Waals surface area contributed by atoms with Crippen molar-refractivity contribution in [2.45, 2.75) is 29.9 Å². The molecule has 8 heteroatoms. The van der Waals surface area contributed by atoms with Crippen LogP contribution in [0.2, 0.25) is 0 Å². The number of fused-ring (bicyclic) bond motifs is 1. The lowest BCUT2D eigenvalue weighted by Crippen LogP contribution is -2.30. The van der Waals surface area contributed by atoms with E-state index in [-0.39, 0.29) is 11.3 Å². The molecule has 0 unspecified atom stereocenters. The topological polar surface area (TPSA) is 110 Å². The van der Waals surface area contributed by atoms with E-state index in [2.05, 4.69) is 15.0 Å². The van der Waals surface area contributed by atoms with Gasteiger partial charge in [0, 0.05) is 5.25 Å². The number of aromatic nitrogens is 4. The predicted octanol–water partition coefficient (Wildman–Crippen LogP) is -0.193. The van der Waals surface area contributed by atoms with Crippen LogP contribution < -0.4 is 5.73 Å². The maximum absolute atomic E-state index is 10.2. The first-order valence-corrected chi connectivity index (χ1v) is 7.24. The molecule has 1 fully saturated rings. The Morgan fingerprint density at radius 3 is 2.79 bits per heavy atom. The summed E-state index contributed by atoms with van der Waals surface area (Å²) in [5.41, 5.74) is 6.85. The lowest BCUT2D eigenvalue weighted by atomic mass is 10.2. The standard InChI is InChI=1S/C11H15N5O2S/c1-19-6-2-5(8(17)9(6)18)16-4-15-7-10(12)13-3-14-11(7)16/h3-6,8-9,17-18H,2H2,1H3,(H2,12,13,14)/t5-,6+,8+,9-/m1/s1. The lowest BCUT2D eigenvalue weighted by molar-refractivity contribution is 0.0259. The number of nitrogen functional groups attached to an aromatic ring is 1. The normalized spacial score (nSPS) is 31.1. The summed E-state index contributed by atoms with van der Waals surface area (Å²) in [6.07, 6.45) is 4.00. The van der Waals surface area contributed by atoms with Crippen molar-refractivity contribution in [1.82, 2.24) is 19.5 Å². The molecule has 102 valence electrons. The van der Waals surface area contributed by atoms with E-state index in [1.165, 1.54) is 6.33 Å². The van der Waals surface area contributed by atoms with Crippen LogP contribution in [-0.4, -0.2) is 53.4 Å². The molecular weight excluding hydrogens is 266 g/mol. The molecule has 2 aromatic rings. The quantitative estimate of drug-likeness (QED) is 0.699. The number of rotatable bonds is 2. The monoisotopic (exact) mass is 281 g/mol. The fourth-order valence-corrected chi connectivity index (χ4v) is 3.42. The van der Waals surface area contributed by atoms with E-state index in [0.717, 1.165) is 0 Å². The van der Waals surface area contributed by atoms with Crippen LogP contribution in [0.1, 0.15) is 12.5 Å². The lowest BCUT2D eigenvalue weighted by Gasteiger charge is -2.17. The molecule has 1 saturated carbocycles. The van der Waals surface area contributed by atoms with Gasteiger partial charge in [0.2, 0.25) is 0 Å². The highest BCUT2D eigenvalue weighted by Crippen LogP contribution is 2.38. The molecule has 1 aliphatic carbocycles. The number of hydrogen-bond donors (Lipinski definition) is 3. The van der Waals surface area contributed by atoms with Crippen LogP contribution in [0.4, 0.5) is 5.82 Å². The number of hydrogen-bond acceptors (Lipinski definition) is 7. The van der Waals surface area contributed by atoms with Gasteiger partial charge in [-0.15, -0.1) is 0 Å². The van der Waals surface area contributed by atoms with Crippen LogP contribution in [0, 0.1) is 0 Å². The number of anilines is 1. The van der Waals surface area contributed by atoms with Gasteiger partial charge in [-0.2, -0.15) is 11.8 Å². The number of imidazole rings is 1. The number of aliphatic hydroxyl groups is 2. The molecule has 0 aliphatic heterocycles. The van der Waals surface area contributed by atoms with Gasteiger partial charge < -0.3 is 20.5 Å². The second-order valence-electron chi connectivity index (χ2n) is 4.64. The molecule has 0 amide bonds. The number of aliphatic hydroxyl groups excluding tert-OH is 2. The largest absolute Gasteiger partial charge is 0.389 e. The highest BCUT2D eigenvalue weighted by Gasteiger charge is 2.42. The summed E-state index contributed by atoms with van der Waals surface area (Å²) in [5.74, 6) is 0.318. The summed E-state index contributed by atoms with van der Waals surface area (Å²) in [7, 11) is 0. The van der Waals surface area contributed by atoms with Gasteiger partial charge in [-0.1, -0.05) is 0 Å². The third kappa shape index (κ3) is 1.87. The average Bonchev–Trinajstić information content (AvgIpc) is 2.94. The minimum Gasteiger partial charge on any atom is -0.389 e. The summed E-state index contributed by atoms with van der Waals surface area (Å²) in [4.78, 5) is 12.2. The van der Waals surface area contributed by atoms with Gasteiger partial charge in [-0.25, -0.2) is 15.0 Å². The molecule has 2 aromatic heterocycles. The van der Waals surface area contributed by atoms with Gasteiger partial charge in [-0.05, 0) is 12.7 Å². The molecule has 4 N–H and O–H groups in total. The third-order valence-corrected chi connectivity index (χ3v) is 4.72. The van der Waals surface area contributed by atoms with E-state index in [1.54, 1.807) is 22.7 Å². The Kier molecular flexibility index (Phi) is 3.08. The van der Waals surface area contributed by atoms with Crippen LogP contribution in [0.15, 0.2) is 12.7 Å². The van der Waals surface area contributed by atoms with E-state index < -0.39 is 12.2 Å². The zero-order valence-electron chi connectivity index (χ0n) is 10.3. The van der Waals surface area contributed by atoms with Gasteiger partial charge in [0.15, 0.2) is 11.5 Å². The van der Waals surface area contributed by atoms with Crippen molar-refractivity contribution in [2.24, 2.45) is 0 Å². The smallest absolute Gasteiger partial charge is 0.165 e. The first-order valence-electron chi connectivity index (χ1n) is 5.95. The average molecular weight is 281 g/mol. The van der Waals surface area contributed by atoms with Gasteiger partial charge in [-0.3, -0.25) is 0 Å².